The molecule has 0 unspecified atom stereocenters. The number of nitrogens with zero attached hydrogens (tertiary/aromatic N) is 6. The first-order chi connectivity index (χ1) is 14.2. The zero-order chi connectivity index (χ0) is 20.1. The Kier molecular flexibility index (Phi) is 6.30. The number of piperidine rings is 2. The van der Waals surface area contributed by atoms with Gasteiger partial charge >= 0.3 is 0 Å². The number of hydrogen-bond donors (Lipinski definition) is 1. The summed E-state index contributed by atoms with van der Waals surface area (Å²) in [6.07, 6.45) is 11.6. The van der Waals surface area contributed by atoms with Gasteiger partial charge in [-0.1, -0.05) is 0 Å². The standard InChI is InChI=1S/C21H33N7O/c1-25-16-7-21(20(29)22-10-17-28-14-4-9-24-28)6-2-11-26(19(21)18-25)12-5-15-27-13-3-8-23-27/h3-4,8-9,13-14,19H,2,5-7,10-12,15-18H2,1H3,(H,22,29)/t19-,21+/m0/s1. The quantitative estimate of drug-likeness (QED) is 0.719. The number of likely N-dealkylation sites (tertiary alicyclic amines) is 2. The highest BCUT2D eigenvalue weighted by Gasteiger charge is 2.51. The molecule has 1 amide bonds. The van der Waals surface area contributed by atoms with Crippen molar-refractivity contribution in [2.75, 3.05) is 39.8 Å². The van der Waals surface area contributed by atoms with Crippen molar-refractivity contribution < 1.29 is 4.79 Å². The number of rotatable bonds is 8. The third-order valence-electron chi connectivity index (χ3n) is 6.60. The Balaban J connectivity index is 1.39. The average Bonchev–Trinajstić information content (AvgIpc) is 3.42. The Morgan fingerprint density at radius 2 is 1.83 bits per heavy atom. The fourth-order valence-corrected chi connectivity index (χ4v) is 5.04. The maximum absolute atomic E-state index is 13.4. The van der Waals surface area contributed by atoms with Gasteiger partial charge in [0.15, 0.2) is 0 Å². The summed E-state index contributed by atoms with van der Waals surface area (Å²) in [5.41, 5.74) is -0.263. The van der Waals surface area contributed by atoms with Crippen LogP contribution in [-0.4, -0.2) is 81.1 Å². The van der Waals surface area contributed by atoms with E-state index in [1.54, 1.807) is 6.20 Å². The molecule has 0 aliphatic carbocycles. The highest BCUT2D eigenvalue weighted by atomic mass is 16.2. The van der Waals surface area contributed by atoms with Gasteiger partial charge in [0.2, 0.25) is 5.91 Å². The second-order valence-corrected chi connectivity index (χ2v) is 8.47. The highest BCUT2D eigenvalue weighted by Crippen LogP contribution is 2.42. The van der Waals surface area contributed by atoms with E-state index in [9.17, 15) is 4.79 Å². The Morgan fingerprint density at radius 1 is 1.07 bits per heavy atom. The largest absolute Gasteiger partial charge is 0.354 e. The summed E-state index contributed by atoms with van der Waals surface area (Å²) in [4.78, 5) is 18.3. The summed E-state index contributed by atoms with van der Waals surface area (Å²) < 4.78 is 3.86. The number of carbonyl (C=O) groups is 1. The fourth-order valence-electron chi connectivity index (χ4n) is 5.04. The van der Waals surface area contributed by atoms with Gasteiger partial charge in [-0.05, 0) is 58.0 Å². The van der Waals surface area contributed by atoms with Gasteiger partial charge in [-0.2, -0.15) is 10.2 Å². The number of fused-ring (bicyclic) bond motifs is 1. The molecule has 158 valence electrons. The van der Waals surface area contributed by atoms with E-state index in [0.717, 1.165) is 58.4 Å². The predicted molar refractivity (Wildman–Crippen MR) is 111 cm³/mol. The molecule has 2 atom stereocenters. The molecular weight excluding hydrogens is 366 g/mol. The maximum atomic E-state index is 13.4. The summed E-state index contributed by atoms with van der Waals surface area (Å²) >= 11 is 0. The topological polar surface area (TPSA) is 71.2 Å². The SMILES string of the molecule is CN1CC[C@]2(C(=O)NCCn3cccn3)CCCN(CCCn3cccn3)[C@H]2C1. The summed E-state index contributed by atoms with van der Waals surface area (Å²) in [6.45, 7) is 6.32. The molecule has 2 aliphatic heterocycles. The molecule has 2 aromatic heterocycles. The number of amides is 1. The van der Waals surface area contributed by atoms with Crippen molar-refractivity contribution >= 4 is 5.91 Å². The summed E-state index contributed by atoms with van der Waals surface area (Å²) in [5.74, 6) is 0.236. The first kappa shape index (κ1) is 20.1. The van der Waals surface area contributed by atoms with Crippen LogP contribution in [0.15, 0.2) is 36.9 Å². The minimum atomic E-state index is -0.263. The normalized spacial score (nSPS) is 25.6. The fraction of sp³-hybridized carbons (Fsp3) is 0.667. The Bertz CT molecular complexity index is 760. The van der Waals surface area contributed by atoms with E-state index < -0.39 is 0 Å². The van der Waals surface area contributed by atoms with E-state index >= 15 is 0 Å². The van der Waals surface area contributed by atoms with E-state index in [-0.39, 0.29) is 17.4 Å². The lowest BCUT2D eigenvalue weighted by Crippen LogP contribution is -2.65. The van der Waals surface area contributed by atoms with Crippen LogP contribution in [0, 0.1) is 5.41 Å². The van der Waals surface area contributed by atoms with Gasteiger partial charge in [0.1, 0.15) is 0 Å². The number of hydrogen-bond acceptors (Lipinski definition) is 5. The van der Waals surface area contributed by atoms with Crippen LogP contribution in [0.5, 0.6) is 0 Å². The van der Waals surface area contributed by atoms with E-state index in [2.05, 4.69) is 32.4 Å². The zero-order valence-electron chi connectivity index (χ0n) is 17.4. The van der Waals surface area contributed by atoms with Crippen molar-refractivity contribution in [3.8, 4) is 0 Å². The second-order valence-electron chi connectivity index (χ2n) is 8.47. The van der Waals surface area contributed by atoms with E-state index in [4.69, 9.17) is 0 Å². The summed E-state index contributed by atoms with van der Waals surface area (Å²) in [5, 5.41) is 11.8. The monoisotopic (exact) mass is 399 g/mol. The molecule has 0 radical (unpaired) electrons. The van der Waals surface area contributed by atoms with Crippen LogP contribution in [0.1, 0.15) is 25.7 Å². The molecule has 0 saturated carbocycles. The van der Waals surface area contributed by atoms with Crippen molar-refractivity contribution in [2.45, 2.75) is 44.8 Å². The molecular formula is C21H33N7O. The number of likely N-dealkylation sites (N-methyl/N-ethyl adjacent to an activating group) is 1. The summed E-state index contributed by atoms with van der Waals surface area (Å²) in [7, 11) is 2.18. The molecule has 8 heteroatoms. The van der Waals surface area contributed by atoms with Crippen LogP contribution in [0.4, 0.5) is 0 Å². The van der Waals surface area contributed by atoms with Gasteiger partial charge in [0.05, 0.1) is 12.0 Å². The lowest BCUT2D eigenvalue weighted by Gasteiger charge is -2.53. The predicted octanol–water partition coefficient (Wildman–Crippen LogP) is 1.07. The lowest BCUT2D eigenvalue weighted by molar-refractivity contribution is -0.144. The van der Waals surface area contributed by atoms with Crippen LogP contribution in [-0.2, 0) is 17.9 Å². The maximum Gasteiger partial charge on any atom is 0.227 e. The molecule has 4 rings (SSSR count). The van der Waals surface area contributed by atoms with E-state index in [0.29, 0.717) is 13.1 Å². The number of nitrogens with one attached hydrogen (secondary N) is 1. The van der Waals surface area contributed by atoms with Crippen LogP contribution in [0.25, 0.3) is 0 Å². The van der Waals surface area contributed by atoms with Gasteiger partial charge in [-0.15, -0.1) is 0 Å². The minimum absolute atomic E-state index is 0.236. The van der Waals surface area contributed by atoms with Gasteiger partial charge < -0.3 is 10.2 Å². The van der Waals surface area contributed by atoms with Crippen molar-refractivity contribution in [1.29, 1.82) is 0 Å². The first-order valence-electron chi connectivity index (χ1n) is 10.8. The van der Waals surface area contributed by atoms with Crippen molar-refractivity contribution in [1.82, 2.24) is 34.7 Å². The second kappa shape index (κ2) is 9.09. The molecule has 0 bridgehead atoms. The molecule has 4 heterocycles. The van der Waals surface area contributed by atoms with Crippen molar-refractivity contribution in [3.05, 3.63) is 36.9 Å². The number of carbonyl (C=O) groups excluding carboxylic acids is 1. The van der Waals surface area contributed by atoms with Crippen LogP contribution in [0.2, 0.25) is 0 Å². The van der Waals surface area contributed by atoms with Gasteiger partial charge in [-0.3, -0.25) is 19.1 Å². The van der Waals surface area contributed by atoms with Gasteiger partial charge in [0.25, 0.3) is 0 Å². The van der Waals surface area contributed by atoms with Gasteiger partial charge in [0, 0.05) is 57.0 Å². The van der Waals surface area contributed by atoms with E-state index in [1.807, 2.05) is 40.1 Å². The number of aromatic nitrogens is 4. The molecule has 2 aromatic rings. The van der Waals surface area contributed by atoms with Crippen molar-refractivity contribution in [3.63, 3.8) is 0 Å². The molecule has 1 N–H and O–H groups in total. The van der Waals surface area contributed by atoms with E-state index in [1.165, 1.54) is 0 Å². The Hall–Kier alpha value is -2.19. The zero-order valence-corrected chi connectivity index (χ0v) is 17.4. The van der Waals surface area contributed by atoms with Crippen LogP contribution in [0.3, 0.4) is 0 Å². The first-order valence-corrected chi connectivity index (χ1v) is 10.8. The molecule has 2 fully saturated rings. The molecule has 2 aliphatic rings. The highest BCUT2D eigenvalue weighted by molar-refractivity contribution is 5.83. The smallest absolute Gasteiger partial charge is 0.227 e. The molecule has 8 nitrogen and oxygen atoms in total. The third kappa shape index (κ3) is 4.53. The molecule has 0 aromatic carbocycles. The third-order valence-corrected chi connectivity index (χ3v) is 6.60. The average molecular weight is 400 g/mol. The molecule has 2 saturated heterocycles. The Labute approximate surface area is 172 Å². The molecule has 29 heavy (non-hydrogen) atoms. The number of aryl methyl sites for hydroxylation is 1. The lowest BCUT2D eigenvalue weighted by atomic mass is 9.67. The Morgan fingerprint density at radius 3 is 2.55 bits per heavy atom. The van der Waals surface area contributed by atoms with Crippen molar-refractivity contribution in [2.24, 2.45) is 5.41 Å². The minimum Gasteiger partial charge on any atom is -0.354 e. The van der Waals surface area contributed by atoms with Crippen LogP contribution < -0.4 is 5.32 Å². The molecule has 0 spiro atoms. The summed E-state index contributed by atoms with van der Waals surface area (Å²) in [6, 6.07) is 4.17. The van der Waals surface area contributed by atoms with Gasteiger partial charge in [-0.25, -0.2) is 0 Å². The van der Waals surface area contributed by atoms with Crippen LogP contribution >= 0.6 is 0 Å².